The van der Waals surface area contributed by atoms with E-state index in [2.05, 4.69) is 10.5 Å². The third kappa shape index (κ3) is 4.43. The number of amides is 2. The van der Waals surface area contributed by atoms with Gasteiger partial charge in [-0.05, 0) is 24.5 Å². The van der Waals surface area contributed by atoms with Crippen LogP contribution in [0.2, 0.25) is 0 Å². The Hall–Kier alpha value is -2.14. The van der Waals surface area contributed by atoms with Gasteiger partial charge in [-0.2, -0.15) is 5.10 Å². The topological polar surface area (TPSA) is 87.7 Å². The lowest BCUT2D eigenvalue weighted by atomic mass is 9.81. The SMILES string of the molecule is NC(=O)NN=C(C=Cc1ccccc1)C1(O)CCCCC1. The van der Waals surface area contributed by atoms with Crippen LogP contribution in [0.5, 0.6) is 0 Å². The highest BCUT2D eigenvalue weighted by Crippen LogP contribution is 2.30. The Kier molecular flexibility index (Phi) is 5.11. The first kappa shape index (κ1) is 15.3. The van der Waals surface area contributed by atoms with Crippen LogP contribution in [0.25, 0.3) is 6.08 Å². The average Bonchev–Trinajstić information content (AvgIpc) is 2.48. The predicted molar refractivity (Wildman–Crippen MR) is 83.7 cm³/mol. The van der Waals surface area contributed by atoms with Gasteiger partial charge >= 0.3 is 6.03 Å². The molecule has 0 aliphatic heterocycles. The highest BCUT2D eigenvalue weighted by molar-refractivity contribution is 6.04. The number of nitrogens with one attached hydrogen (secondary N) is 1. The van der Waals surface area contributed by atoms with Gasteiger partial charge in [0.2, 0.25) is 0 Å². The summed E-state index contributed by atoms with van der Waals surface area (Å²) < 4.78 is 0. The lowest BCUT2D eigenvalue weighted by molar-refractivity contribution is 0.0714. The molecular formula is C16H21N3O2. The van der Waals surface area contributed by atoms with Gasteiger partial charge < -0.3 is 10.8 Å². The molecule has 112 valence electrons. The molecule has 0 saturated heterocycles. The Labute approximate surface area is 124 Å². The molecule has 5 nitrogen and oxygen atoms in total. The van der Waals surface area contributed by atoms with Crippen molar-refractivity contribution in [2.45, 2.75) is 37.7 Å². The van der Waals surface area contributed by atoms with Crippen molar-refractivity contribution < 1.29 is 9.90 Å². The van der Waals surface area contributed by atoms with Crippen molar-refractivity contribution in [1.82, 2.24) is 5.43 Å². The van der Waals surface area contributed by atoms with Crippen LogP contribution in [0, 0.1) is 0 Å². The van der Waals surface area contributed by atoms with E-state index in [1.165, 1.54) is 0 Å². The van der Waals surface area contributed by atoms with E-state index < -0.39 is 11.6 Å². The number of hydrazone groups is 1. The Balaban J connectivity index is 2.21. The Morgan fingerprint density at radius 2 is 1.90 bits per heavy atom. The first-order chi connectivity index (χ1) is 10.1. The molecule has 1 saturated carbocycles. The van der Waals surface area contributed by atoms with E-state index >= 15 is 0 Å². The molecule has 1 fully saturated rings. The number of carbonyl (C=O) groups is 1. The third-order valence-corrected chi connectivity index (χ3v) is 3.68. The molecule has 0 spiro atoms. The molecule has 1 aliphatic rings. The second-order valence-corrected chi connectivity index (χ2v) is 5.31. The van der Waals surface area contributed by atoms with Crippen molar-refractivity contribution in [3.63, 3.8) is 0 Å². The number of carbonyl (C=O) groups excluding carboxylic acids is 1. The number of hydrogen-bond donors (Lipinski definition) is 3. The maximum atomic E-state index is 10.9. The fourth-order valence-electron chi connectivity index (χ4n) is 2.54. The number of nitrogens with zero attached hydrogens (tertiary/aromatic N) is 1. The second-order valence-electron chi connectivity index (χ2n) is 5.31. The molecule has 2 rings (SSSR count). The van der Waals surface area contributed by atoms with Crippen LogP contribution in [0.3, 0.4) is 0 Å². The maximum absolute atomic E-state index is 10.9. The van der Waals surface area contributed by atoms with Crippen molar-refractivity contribution in [3.05, 3.63) is 42.0 Å². The summed E-state index contributed by atoms with van der Waals surface area (Å²) in [5.74, 6) is 0. The van der Waals surface area contributed by atoms with E-state index in [0.717, 1.165) is 24.8 Å². The Morgan fingerprint density at radius 3 is 2.52 bits per heavy atom. The zero-order valence-corrected chi connectivity index (χ0v) is 12.0. The van der Waals surface area contributed by atoms with Gasteiger partial charge in [0.15, 0.2) is 0 Å². The molecule has 0 atom stereocenters. The number of aliphatic hydroxyl groups is 1. The van der Waals surface area contributed by atoms with Crippen molar-refractivity contribution in [1.29, 1.82) is 0 Å². The molecule has 1 aromatic carbocycles. The van der Waals surface area contributed by atoms with Crippen LogP contribution in [0.4, 0.5) is 4.79 Å². The van der Waals surface area contributed by atoms with Crippen molar-refractivity contribution in [3.8, 4) is 0 Å². The summed E-state index contributed by atoms with van der Waals surface area (Å²) in [7, 11) is 0. The summed E-state index contributed by atoms with van der Waals surface area (Å²) in [6, 6.07) is 9.00. The van der Waals surface area contributed by atoms with Crippen LogP contribution in [-0.4, -0.2) is 22.5 Å². The number of benzene rings is 1. The lowest BCUT2D eigenvalue weighted by Crippen LogP contribution is -2.41. The van der Waals surface area contributed by atoms with Gasteiger partial charge in [0.05, 0.1) is 5.71 Å². The highest BCUT2D eigenvalue weighted by atomic mass is 16.3. The first-order valence-corrected chi connectivity index (χ1v) is 7.19. The zero-order valence-electron chi connectivity index (χ0n) is 12.0. The van der Waals surface area contributed by atoms with Gasteiger partial charge in [-0.3, -0.25) is 0 Å². The molecular weight excluding hydrogens is 266 g/mol. The molecule has 0 bridgehead atoms. The molecule has 4 N–H and O–H groups in total. The minimum atomic E-state index is -0.994. The molecule has 0 heterocycles. The summed E-state index contributed by atoms with van der Waals surface area (Å²) in [5, 5.41) is 14.7. The van der Waals surface area contributed by atoms with E-state index in [-0.39, 0.29) is 0 Å². The third-order valence-electron chi connectivity index (χ3n) is 3.68. The smallest absolute Gasteiger partial charge is 0.332 e. The van der Waals surface area contributed by atoms with Crippen molar-refractivity contribution in [2.75, 3.05) is 0 Å². The molecule has 1 aromatic rings. The van der Waals surface area contributed by atoms with Crippen molar-refractivity contribution in [2.24, 2.45) is 10.8 Å². The van der Waals surface area contributed by atoms with E-state index in [4.69, 9.17) is 5.73 Å². The minimum absolute atomic E-state index is 0.449. The van der Waals surface area contributed by atoms with Gasteiger partial charge in [-0.15, -0.1) is 0 Å². The lowest BCUT2D eigenvalue weighted by Gasteiger charge is -2.31. The standard InChI is InChI=1S/C16H21N3O2/c17-15(20)19-18-14(16(21)11-5-2-6-12-16)10-9-13-7-3-1-4-8-13/h1,3-4,7-10,21H,2,5-6,11-12H2,(H3,17,19,20). The van der Waals surface area contributed by atoms with Gasteiger partial charge in [0.25, 0.3) is 0 Å². The number of rotatable bonds is 4. The summed E-state index contributed by atoms with van der Waals surface area (Å²) in [5.41, 5.74) is 7.74. The van der Waals surface area contributed by atoms with E-state index in [9.17, 15) is 9.90 Å². The maximum Gasteiger partial charge on any atom is 0.332 e. The van der Waals surface area contributed by atoms with Gasteiger partial charge in [0.1, 0.15) is 5.60 Å². The Morgan fingerprint density at radius 1 is 1.24 bits per heavy atom. The molecule has 0 aromatic heterocycles. The van der Waals surface area contributed by atoms with Crippen LogP contribution < -0.4 is 11.2 Å². The largest absolute Gasteiger partial charge is 0.383 e. The number of hydrogen-bond acceptors (Lipinski definition) is 3. The first-order valence-electron chi connectivity index (χ1n) is 7.19. The van der Waals surface area contributed by atoms with E-state index in [1.54, 1.807) is 6.08 Å². The van der Waals surface area contributed by atoms with Crippen LogP contribution in [-0.2, 0) is 0 Å². The molecule has 2 amide bonds. The van der Waals surface area contributed by atoms with Gasteiger partial charge in [-0.25, -0.2) is 10.2 Å². The zero-order chi connectivity index (χ0) is 15.1. The highest BCUT2D eigenvalue weighted by Gasteiger charge is 2.33. The van der Waals surface area contributed by atoms with Crippen LogP contribution in [0.1, 0.15) is 37.7 Å². The summed E-state index contributed by atoms with van der Waals surface area (Å²) in [6.07, 6.45) is 7.92. The van der Waals surface area contributed by atoms with E-state index in [1.807, 2.05) is 36.4 Å². The van der Waals surface area contributed by atoms with Crippen LogP contribution >= 0.6 is 0 Å². The van der Waals surface area contributed by atoms with Crippen molar-refractivity contribution >= 4 is 17.8 Å². The monoisotopic (exact) mass is 287 g/mol. The molecule has 0 radical (unpaired) electrons. The molecule has 5 heteroatoms. The van der Waals surface area contributed by atoms with Gasteiger partial charge in [-0.1, -0.05) is 55.7 Å². The fraction of sp³-hybridized carbons (Fsp3) is 0.375. The molecule has 21 heavy (non-hydrogen) atoms. The predicted octanol–water partition coefficient (Wildman–Crippen LogP) is 2.42. The normalized spacial score (nSPS) is 18.6. The quantitative estimate of drug-likeness (QED) is 0.586. The minimum Gasteiger partial charge on any atom is -0.383 e. The van der Waals surface area contributed by atoms with Gasteiger partial charge in [0, 0.05) is 0 Å². The average molecular weight is 287 g/mol. The second kappa shape index (κ2) is 7.04. The summed E-state index contributed by atoms with van der Waals surface area (Å²) in [6.45, 7) is 0. The molecule has 0 unspecified atom stereocenters. The fourth-order valence-corrected chi connectivity index (χ4v) is 2.54. The molecule has 1 aliphatic carbocycles. The summed E-state index contributed by atoms with van der Waals surface area (Å²) in [4.78, 5) is 10.9. The summed E-state index contributed by atoms with van der Waals surface area (Å²) >= 11 is 0. The van der Waals surface area contributed by atoms with E-state index in [0.29, 0.717) is 18.6 Å². The number of urea groups is 1. The van der Waals surface area contributed by atoms with Crippen LogP contribution in [0.15, 0.2) is 41.5 Å². The number of nitrogens with two attached hydrogens (primary N) is 1. The Bertz CT molecular complexity index is 532. The number of primary amides is 1.